The van der Waals surface area contributed by atoms with Gasteiger partial charge in [0.1, 0.15) is 23.0 Å². The fraction of sp³-hybridized carbons (Fsp3) is 0.323. The Morgan fingerprint density at radius 2 is 0.700 bits per heavy atom. The number of ether oxygens (including phenoxy) is 2. The number of amides is 2. The number of carbonyl (C=O) groups is 2. The van der Waals surface area contributed by atoms with Gasteiger partial charge in [0.25, 0.3) is 11.8 Å². The van der Waals surface area contributed by atoms with E-state index in [9.17, 15) is 19.8 Å². The molecular formula is C62H68N2O6. The average Bonchev–Trinajstić information content (AvgIpc) is 3.34. The van der Waals surface area contributed by atoms with Crippen molar-refractivity contribution < 1.29 is 29.3 Å². The minimum atomic E-state index is -0.202. The lowest BCUT2D eigenvalue weighted by Gasteiger charge is -2.31. The average molecular weight is 937 g/mol. The molecule has 0 saturated carbocycles. The summed E-state index contributed by atoms with van der Waals surface area (Å²) in [5.74, 6) is 0.866. The van der Waals surface area contributed by atoms with Crippen LogP contribution in [-0.4, -0.2) is 69.2 Å². The summed E-state index contributed by atoms with van der Waals surface area (Å²) in [6.07, 6.45) is 5.77. The summed E-state index contributed by atoms with van der Waals surface area (Å²) in [6, 6.07) is 43.6. The van der Waals surface area contributed by atoms with Crippen LogP contribution in [0.25, 0.3) is 65.3 Å². The first-order valence-corrected chi connectivity index (χ1v) is 25.2. The Morgan fingerprint density at radius 3 is 1.04 bits per heavy atom. The quantitative estimate of drug-likeness (QED) is 0.0784. The Bertz CT molecular complexity index is 2940. The second kappa shape index (κ2) is 21.7. The van der Waals surface area contributed by atoms with E-state index in [1.807, 2.05) is 162 Å². The summed E-state index contributed by atoms with van der Waals surface area (Å²) in [6.45, 7) is 17.0. The lowest BCUT2D eigenvalue weighted by molar-refractivity contribution is 0.0631. The predicted octanol–water partition coefficient (Wildman–Crippen LogP) is 15.4. The molecule has 0 aromatic heterocycles. The normalized spacial score (nSPS) is 11.8. The van der Waals surface area contributed by atoms with Crippen molar-refractivity contribution in [2.24, 2.45) is 0 Å². The number of unbranched alkanes of at least 4 members (excludes halogenated alkanes) is 5. The van der Waals surface area contributed by atoms with E-state index in [4.69, 9.17) is 9.47 Å². The van der Waals surface area contributed by atoms with E-state index in [1.165, 1.54) is 0 Å². The third-order valence-corrected chi connectivity index (χ3v) is 13.5. The summed E-state index contributed by atoms with van der Waals surface area (Å²) in [4.78, 5) is 32.0. The van der Waals surface area contributed by atoms with Gasteiger partial charge in [-0.05, 0) is 136 Å². The van der Waals surface area contributed by atoms with E-state index in [1.54, 1.807) is 0 Å². The molecule has 0 spiro atoms. The van der Waals surface area contributed by atoms with E-state index in [-0.39, 0.29) is 58.6 Å². The zero-order valence-electron chi connectivity index (χ0n) is 42.1. The molecule has 0 unspecified atom stereocenters. The Kier molecular flexibility index (Phi) is 15.3. The zero-order chi connectivity index (χ0) is 49.6. The van der Waals surface area contributed by atoms with E-state index < -0.39 is 0 Å². The lowest BCUT2D eigenvalue weighted by Crippen LogP contribution is -2.42. The molecule has 0 atom stereocenters. The maximum Gasteiger partial charge on any atom is 0.258 e. The molecule has 0 radical (unpaired) electrons. The molecule has 0 heterocycles. The summed E-state index contributed by atoms with van der Waals surface area (Å²) < 4.78 is 13.2. The molecule has 2 N–H and O–H groups in total. The molecular weight excluding hydrogens is 869 g/mol. The first-order valence-electron chi connectivity index (χ1n) is 25.2. The molecule has 8 aromatic rings. The Morgan fingerprint density at radius 1 is 0.400 bits per heavy atom. The molecule has 8 heteroatoms. The number of aromatic hydroxyl groups is 2. The standard InChI is InChI=1S/C62H68N2O6/c1-39(2)63(40(3)4)61(67)51-37-45-25-15-19-29-49(45)57(59(51)65)55-47-27-17-13-23-43(47)31-33-53(55)69-35-21-11-9-10-12-22-36-70-54-34-32-44-24-14-18-28-48(44)56(54)58-50-30-20-16-26-46(50)38-52(60(58)66)62(68)64(41(5)6)42(7)8/h13-20,23-34,37-42,65-66H,9-12,21-22,35-36H2,1-8H3. The fourth-order valence-corrected chi connectivity index (χ4v) is 10.4. The Balaban J connectivity index is 0.952. The van der Waals surface area contributed by atoms with Crippen LogP contribution in [0.2, 0.25) is 0 Å². The van der Waals surface area contributed by atoms with Crippen molar-refractivity contribution >= 4 is 54.9 Å². The molecule has 70 heavy (non-hydrogen) atoms. The van der Waals surface area contributed by atoms with Crippen molar-refractivity contribution in [3.63, 3.8) is 0 Å². The van der Waals surface area contributed by atoms with Crippen LogP contribution in [0.4, 0.5) is 0 Å². The third kappa shape index (κ3) is 10.0. The number of hydrogen-bond donors (Lipinski definition) is 2. The van der Waals surface area contributed by atoms with Crippen LogP contribution in [-0.2, 0) is 0 Å². The summed E-state index contributed by atoms with van der Waals surface area (Å²) in [5.41, 5.74) is 3.34. The van der Waals surface area contributed by atoms with Crippen LogP contribution in [0.15, 0.2) is 133 Å². The van der Waals surface area contributed by atoms with Crippen LogP contribution in [0.3, 0.4) is 0 Å². The topological polar surface area (TPSA) is 99.5 Å². The van der Waals surface area contributed by atoms with E-state index >= 15 is 0 Å². The lowest BCUT2D eigenvalue weighted by atomic mass is 9.90. The zero-order valence-corrected chi connectivity index (χ0v) is 42.1. The van der Waals surface area contributed by atoms with Gasteiger partial charge in [-0.1, -0.05) is 135 Å². The highest BCUT2D eigenvalue weighted by atomic mass is 16.5. The van der Waals surface area contributed by atoms with Crippen molar-refractivity contribution in [1.29, 1.82) is 0 Å². The van der Waals surface area contributed by atoms with Gasteiger partial charge in [-0.15, -0.1) is 0 Å². The molecule has 0 fully saturated rings. The van der Waals surface area contributed by atoms with Crippen molar-refractivity contribution in [3.05, 3.63) is 145 Å². The van der Waals surface area contributed by atoms with Crippen molar-refractivity contribution in [1.82, 2.24) is 9.80 Å². The molecule has 0 aliphatic carbocycles. The number of hydrogen-bond acceptors (Lipinski definition) is 6. The summed E-state index contributed by atoms with van der Waals surface area (Å²) in [7, 11) is 0. The third-order valence-electron chi connectivity index (χ3n) is 13.5. The SMILES string of the molecule is CC(C)N(C(=O)c1cc2ccccc2c(-c2c(OCCCCCCCCOc3ccc4ccccc4c3-c3c(O)c(C(=O)N(C(C)C)C(C)C)cc4ccccc34)ccc3ccccc23)c1O)C(C)C. The van der Waals surface area contributed by atoms with E-state index in [0.29, 0.717) is 35.8 Å². The van der Waals surface area contributed by atoms with E-state index in [0.717, 1.165) is 92.7 Å². The summed E-state index contributed by atoms with van der Waals surface area (Å²) in [5, 5.41) is 31.8. The monoisotopic (exact) mass is 937 g/mol. The van der Waals surface area contributed by atoms with Crippen LogP contribution < -0.4 is 9.47 Å². The highest BCUT2D eigenvalue weighted by Gasteiger charge is 2.30. The Labute approximate surface area is 413 Å². The van der Waals surface area contributed by atoms with Gasteiger partial charge in [-0.3, -0.25) is 9.59 Å². The van der Waals surface area contributed by atoms with Crippen molar-refractivity contribution in [3.8, 4) is 45.3 Å². The number of carbonyl (C=O) groups excluding carboxylic acids is 2. The van der Waals surface area contributed by atoms with Crippen LogP contribution in [0.1, 0.15) is 115 Å². The largest absolute Gasteiger partial charge is 0.506 e. The molecule has 8 aromatic carbocycles. The van der Waals surface area contributed by atoms with Gasteiger partial charge >= 0.3 is 0 Å². The van der Waals surface area contributed by atoms with Gasteiger partial charge < -0.3 is 29.5 Å². The summed E-state index contributed by atoms with van der Waals surface area (Å²) >= 11 is 0. The molecule has 8 rings (SSSR count). The second-order valence-electron chi connectivity index (χ2n) is 19.7. The van der Waals surface area contributed by atoms with Gasteiger partial charge in [0.2, 0.25) is 0 Å². The minimum Gasteiger partial charge on any atom is -0.506 e. The van der Waals surface area contributed by atoms with Crippen LogP contribution >= 0.6 is 0 Å². The van der Waals surface area contributed by atoms with Crippen LogP contribution in [0.5, 0.6) is 23.0 Å². The van der Waals surface area contributed by atoms with Gasteiger partial charge in [-0.2, -0.15) is 0 Å². The smallest absolute Gasteiger partial charge is 0.258 e. The number of phenols is 2. The fourth-order valence-electron chi connectivity index (χ4n) is 10.4. The molecule has 8 nitrogen and oxygen atoms in total. The molecule has 0 aliphatic heterocycles. The van der Waals surface area contributed by atoms with Gasteiger partial charge in [0, 0.05) is 46.4 Å². The maximum absolute atomic E-state index is 14.2. The van der Waals surface area contributed by atoms with E-state index in [2.05, 4.69) is 36.4 Å². The molecule has 362 valence electrons. The van der Waals surface area contributed by atoms with Crippen molar-refractivity contribution in [2.45, 2.75) is 118 Å². The number of phenolic OH excluding ortho intramolecular Hbond substituents is 2. The van der Waals surface area contributed by atoms with Gasteiger partial charge in [-0.25, -0.2) is 0 Å². The minimum absolute atomic E-state index is 0.0374. The highest BCUT2D eigenvalue weighted by molar-refractivity contribution is 6.15. The molecule has 0 aliphatic rings. The number of benzene rings is 8. The first-order chi connectivity index (χ1) is 33.8. The van der Waals surface area contributed by atoms with Crippen LogP contribution in [0, 0.1) is 0 Å². The molecule has 0 bridgehead atoms. The number of rotatable bonds is 19. The Hall–Kier alpha value is -7.06. The number of nitrogens with zero attached hydrogens (tertiary/aromatic N) is 2. The molecule has 2 amide bonds. The predicted molar refractivity (Wildman–Crippen MR) is 289 cm³/mol. The highest BCUT2D eigenvalue weighted by Crippen LogP contribution is 2.49. The maximum atomic E-state index is 14.2. The van der Waals surface area contributed by atoms with Gasteiger partial charge in [0.05, 0.1) is 24.3 Å². The number of fused-ring (bicyclic) bond motifs is 4. The molecule has 0 saturated heterocycles. The first kappa shape index (κ1) is 49.4. The second-order valence-corrected chi connectivity index (χ2v) is 19.7. The van der Waals surface area contributed by atoms with Crippen molar-refractivity contribution in [2.75, 3.05) is 13.2 Å². The van der Waals surface area contributed by atoms with Gasteiger partial charge in [0.15, 0.2) is 0 Å².